The number of ether oxygens (including phenoxy) is 3. The molecule has 9 heterocycles. The molecule has 3 unspecified atom stereocenters. The van der Waals surface area contributed by atoms with E-state index in [2.05, 4.69) is 345 Å². The summed E-state index contributed by atoms with van der Waals surface area (Å²) in [6.45, 7) is 61.0. The molecule has 4 saturated heterocycles. The van der Waals surface area contributed by atoms with Gasteiger partial charge in [0.2, 0.25) is 0 Å². The molecule has 5 aromatic heterocycles. The van der Waals surface area contributed by atoms with Crippen LogP contribution in [-0.4, -0.2) is 237 Å². The Balaban J connectivity index is 0.000000178. The van der Waals surface area contributed by atoms with Crippen molar-refractivity contribution in [2.75, 3.05) is 132 Å². The number of para-hydroxylation sites is 1. The molecule has 0 spiro atoms. The van der Waals surface area contributed by atoms with E-state index in [-0.39, 0.29) is 0 Å². The van der Waals surface area contributed by atoms with E-state index in [1.54, 1.807) is 6.20 Å². The van der Waals surface area contributed by atoms with Crippen molar-refractivity contribution < 1.29 is 14.2 Å². The monoisotopic (exact) mass is 1700 g/mol. The van der Waals surface area contributed by atoms with Crippen LogP contribution in [0.3, 0.4) is 0 Å². The zero-order valence-corrected chi connectivity index (χ0v) is 78.9. The van der Waals surface area contributed by atoms with Crippen molar-refractivity contribution in [1.82, 2.24) is 89.7 Å². The molecule has 123 heavy (non-hydrogen) atoms. The van der Waals surface area contributed by atoms with Gasteiger partial charge in [0.25, 0.3) is 0 Å². The van der Waals surface area contributed by atoms with Gasteiger partial charge in [-0.2, -0.15) is 5.10 Å². The maximum atomic E-state index is 6.37. The van der Waals surface area contributed by atoms with Crippen LogP contribution in [0.1, 0.15) is 190 Å². The molecule has 4 atom stereocenters. The van der Waals surface area contributed by atoms with Crippen molar-refractivity contribution in [2.45, 2.75) is 217 Å². The summed E-state index contributed by atoms with van der Waals surface area (Å²) in [5, 5.41) is 23.3. The molecule has 0 bridgehead atoms. The number of likely N-dealkylation sites (tertiary alicyclic amines) is 1. The van der Waals surface area contributed by atoms with Gasteiger partial charge < -0.3 is 54.7 Å². The first kappa shape index (κ1) is 101. The fourth-order valence-corrected chi connectivity index (χ4v) is 15.3. The summed E-state index contributed by atoms with van der Waals surface area (Å²) >= 11 is 6.37. The third-order valence-corrected chi connectivity index (χ3v) is 22.9. The molecular weight excluding hydrogens is 1550 g/mol. The number of morpholine rings is 3. The van der Waals surface area contributed by atoms with Gasteiger partial charge >= 0.3 is 0 Å². The number of pyridine rings is 2. The average Bonchev–Trinajstić information content (AvgIpc) is 1.67. The number of rotatable bonds is 32. The van der Waals surface area contributed by atoms with E-state index in [4.69, 9.17) is 30.9 Å². The molecule has 672 valence electrons. The predicted octanol–water partition coefficient (Wildman–Crippen LogP) is 17.2. The quantitative estimate of drug-likeness (QED) is 0.0269. The van der Waals surface area contributed by atoms with Crippen LogP contribution in [0, 0.1) is 20.8 Å². The topological polar surface area (TPSA) is 173 Å². The van der Waals surface area contributed by atoms with Crippen molar-refractivity contribution in [1.29, 1.82) is 0 Å². The van der Waals surface area contributed by atoms with Crippen LogP contribution in [0.5, 0.6) is 0 Å². The highest BCUT2D eigenvalue weighted by Crippen LogP contribution is 2.29. The Hall–Kier alpha value is -7.91. The number of hydrogen-bond acceptors (Lipinski definition) is 18. The minimum Gasteiger partial charge on any atom is -0.379 e. The minimum atomic E-state index is 0.319. The Kier molecular flexibility index (Phi) is 44.8. The van der Waals surface area contributed by atoms with Crippen LogP contribution in [0.15, 0.2) is 207 Å². The van der Waals surface area contributed by atoms with Crippen molar-refractivity contribution >= 4 is 17.2 Å². The first-order valence-electron chi connectivity index (χ1n) is 45.5. The van der Waals surface area contributed by atoms with Gasteiger partial charge in [0.1, 0.15) is 5.65 Å². The fourth-order valence-electron chi connectivity index (χ4n) is 15.0. The van der Waals surface area contributed by atoms with Crippen LogP contribution >= 0.6 is 11.6 Å². The number of imidazole rings is 2. The second-order valence-corrected chi connectivity index (χ2v) is 35.3. The van der Waals surface area contributed by atoms with E-state index in [9.17, 15) is 0 Å². The summed E-state index contributed by atoms with van der Waals surface area (Å²) < 4.78 is 22.4. The van der Waals surface area contributed by atoms with E-state index in [0.717, 1.165) is 159 Å². The molecule has 5 aromatic carbocycles. The highest BCUT2D eigenvalue weighted by atomic mass is 35.5. The van der Waals surface area contributed by atoms with Gasteiger partial charge in [0.15, 0.2) is 0 Å². The maximum Gasteiger partial charge on any atom is 0.137 e. The molecule has 10 aromatic rings. The molecule has 0 aliphatic carbocycles. The van der Waals surface area contributed by atoms with Gasteiger partial charge in [-0.15, -0.1) is 0 Å². The lowest BCUT2D eigenvalue weighted by Gasteiger charge is -2.35. The predicted molar refractivity (Wildman–Crippen MR) is 512 cm³/mol. The number of aromatic nitrogens is 7. The van der Waals surface area contributed by atoms with Crippen LogP contribution in [-0.2, 0) is 33.8 Å². The first-order chi connectivity index (χ1) is 59.3. The molecule has 4 fully saturated rings. The van der Waals surface area contributed by atoms with E-state index >= 15 is 0 Å². The summed E-state index contributed by atoms with van der Waals surface area (Å²) in [6, 6.07) is 62.1. The Morgan fingerprint density at radius 3 is 1.63 bits per heavy atom. The molecule has 0 radical (unpaired) electrons. The SMILES string of the molecule is CC(C)N(C)Cc1cn2ccccc2n1.CC(C)N(CCN1CCOCC1)Cc1cccnc1.CC(C)NC(C)c1ccc(-n2ccnc2)cc1.CC(C)NCC(c1ccccc1)N1CCOCC1.CC(C)NCC(c1ccccc1Cl)N1CCOCC1.CC(C)N[C@@H](CN1CCC1)c1ccccc1.Cc1ccccc1-n1nc(C)c(CNC(C)C)c1C. The average molecular weight is 1700 g/mol. The Labute approximate surface area is 745 Å². The van der Waals surface area contributed by atoms with Gasteiger partial charge in [-0.3, -0.25) is 29.5 Å². The van der Waals surface area contributed by atoms with E-state index < -0.39 is 0 Å². The Bertz CT molecular complexity index is 4370. The second kappa shape index (κ2) is 54.9. The summed E-state index contributed by atoms with van der Waals surface area (Å²) in [5.41, 5.74) is 15.9. The van der Waals surface area contributed by atoms with Crippen LogP contribution in [0.25, 0.3) is 17.0 Å². The third kappa shape index (κ3) is 35.8. The van der Waals surface area contributed by atoms with Crippen LogP contribution < -0.4 is 26.6 Å². The number of nitrogens with zero attached hydrogens (tertiary/aromatic N) is 13. The Morgan fingerprint density at radius 1 is 0.504 bits per heavy atom. The highest BCUT2D eigenvalue weighted by Gasteiger charge is 2.27. The van der Waals surface area contributed by atoms with Crippen molar-refractivity contribution in [3.63, 3.8) is 0 Å². The van der Waals surface area contributed by atoms with Crippen molar-refractivity contribution in [3.8, 4) is 11.4 Å². The summed E-state index contributed by atoms with van der Waals surface area (Å²) in [7, 11) is 2.12. The molecule has 4 aliphatic heterocycles. The summed E-state index contributed by atoms with van der Waals surface area (Å²) in [4.78, 5) is 27.6. The van der Waals surface area contributed by atoms with Crippen LogP contribution in [0.4, 0.5) is 0 Å². The van der Waals surface area contributed by atoms with Crippen molar-refractivity contribution in [2.24, 2.45) is 0 Å². The van der Waals surface area contributed by atoms with E-state index in [1.807, 2.05) is 72.1 Å². The zero-order valence-electron chi connectivity index (χ0n) is 78.2. The number of halogens is 1. The number of benzene rings is 5. The molecule has 5 N–H and O–H groups in total. The molecule has 0 saturated carbocycles. The van der Waals surface area contributed by atoms with E-state index in [0.29, 0.717) is 66.5 Å². The van der Waals surface area contributed by atoms with Gasteiger partial charge in [-0.1, -0.05) is 202 Å². The minimum absolute atomic E-state index is 0.319. The third-order valence-electron chi connectivity index (χ3n) is 22.6. The highest BCUT2D eigenvalue weighted by molar-refractivity contribution is 6.31. The second-order valence-electron chi connectivity index (χ2n) is 34.9. The number of aryl methyl sites for hydroxylation is 2. The number of fused-ring (bicyclic) bond motifs is 1. The molecular formula is C101H153ClN18O3. The molecule has 14 rings (SSSR count). The lowest BCUT2D eigenvalue weighted by atomic mass is 10.0. The van der Waals surface area contributed by atoms with Gasteiger partial charge in [0, 0.05) is 217 Å². The first-order valence-corrected chi connectivity index (χ1v) is 45.9. The molecule has 4 aliphatic rings. The van der Waals surface area contributed by atoms with Gasteiger partial charge in [0.05, 0.1) is 63.0 Å². The fraction of sp³-hybridized carbons (Fsp3) is 0.525. The number of nitrogens with one attached hydrogen (secondary N) is 5. The molecule has 21 nitrogen and oxygen atoms in total. The largest absolute Gasteiger partial charge is 0.379 e. The maximum absolute atomic E-state index is 6.37. The van der Waals surface area contributed by atoms with E-state index in [1.165, 1.54) is 69.8 Å². The lowest BCUT2D eigenvalue weighted by Crippen LogP contribution is -2.44. The standard InChI is InChI=1S/C16H23N3.C15H23ClN2O.C15H25N3O.C15H24N2O.C14H19N3.C14H22N2.C12H17N3/c1-11(2)17-10-15-13(4)18-19(14(15)5)16-9-7-6-8-12(16)3;1-12(2)17-11-15(18-7-9-19-10-8-18)13-5-3-4-6-14(13)16;1-14(2)18(13-15-4-3-5-16-12-15)7-6-17-8-10-19-11-9-17;1-13(2)16-12-15(14-6-4-3-5-7-14)17-8-10-18-11-9-17;1-11(2)16-12(3)13-4-6-14(7-5-13)17-9-8-15-10-17;1-12(2)15-14(11-16-9-6-10-16)13-7-4-3-5-8-13;1-10(2)14(3)8-11-9-15-7-5-4-6-12(15)13-11/h6-9,11,17H,10H2,1-5H3;3-6,12,15,17H,7-11H2,1-2H3;3-5,12,14H,6-11,13H2,1-2H3;3-7,13,15-16H,8-12H2,1-2H3;4-12,16H,1-3H3;3-5,7-8,12,14-15H,6,9-11H2,1-2H3;4-7,9-10H,8H2,1-3H3/t;;;;;14-;/m.....0./s1. The lowest BCUT2D eigenvalue weighted by molar-refractivity contribution is 0.0158. The number of hydrogen-bond donors (Lipinski definition) is 5. The summed E-state index contributed by atoms with van der Waals surface area (Å²) in [5.74, 6) is 0. The molecule has 0 amide bonds. The normalized spacial score (nSPS) is 15.7. The van der Waals surface area contributed by atoms with Crippen LogP contribution in [0.2, 0.25) is 5.02 Å². The van der Waals surface area contributed by atoms with Crippen molar-refractivity contribution in [3.05, 3.63) is 268 Å². The molecule has 22 heteroatoms. The Morgan fingerprint density at radius 2 is 1.08 bits per heavy atom. The zero-order chi connectivity index (χ0) is 88.4. The summed E-state index contributed by atoms with van der Waals surface area (Å²) in [6.07, 6.45) is 14.8. The van der Waals surface area contributed by atoms with Gasteiger partial charge in [-0.25, -0.2) is 14.6 Å². The smallest absolute Gasteiger partial charge is 0.137 e. The van der Waals surface area contributed by atoms with Gasteiger partial charge in [-0.05, 0) is 158 Å².